The lowest BCUT2D eigenvalue weighted by Crippen LogP contribution is -2.10. The molecule has 0 heterocycles. The quantitative estimate of drug-likeness (QED) is 0.558. The lowest BCUT2D eigenvalue weighted by molar-refractivity contribution is -0.134. The van der Waals surface area contributed by atoms with Crippen LogP contribution in [0.15, 0.2) is 23.8 Å². The van der Waals surface area contributed by atoms with Crippen molar-refractivity contribution in [3.63, 3.8) is 0 Å². The average molecular weight is 214 g/mol. The molecule has 0 aromatic heterocycles. The molecule has 3 rings (SSSR count). The largest absolute Gasteiger partial charge is 0.427 e. The smallest absolute Gasteiger partial charge is 0.310 e. The molecule has 2 aliphatic rings. The molecule has 0 N–H and O–H groups in total. The number of hydrogen-bond acceptors (Lipinski definition) is 2. The Bertz CT molecular complexity index is 486. The molecule has 1 unspecified atom stereocenters. The van der Waals surface area contributed by atoms with Crippen molar-refractivity contribution in [2.24, 2.45) is 0 Å². The SMILES string of the molecule is CCC(=O)Oc1ccc2c(c1)C1CCC1=C2. The number of benzene rings is 1. The van der Waals surface area contributed by atoms with Crippen LogP contribution in [0.2, 0.25) is 0 Å². The van der Waals surface area contributed by atoms with Crippen LogP contribution in [-0.4, -0.2) is 5.97 Å². The first-order valence-corrected chi connectivity index (χ1v) is 5.83. The van der Waals surface area contributed by atoms with Gasteiger partial charge in [0.15, 0.2) is 0 Å². The van der Waals surface area contributed by atoms with Crippen LogP contribution in [0.5, 0.6) is 5.75 Å². The molecule has 1 aromatic rings. The first kappa shape index (κ1) is 9.64. The number of allylic oxidation sites excluding steroid dienone is 1. The van der Waals surface area contributed by atoms with E-state index in [9.17, 15) is 4.79 Å². The first-order chi connectivity index (χ1) is 7.78. The second kappa shape index (κ2) is 3.48. The highest BCUT2D eigenvalue weighted by Crippen LogP contribution is 2.50. The van der Waals surface area contributed by atoms with Gasteiger partial charge in [0, 0.05) is 12.3 Å². The van der Waals surface area contributed by atoms with Gasteiger partial charge in [-0.05, 0) is 36.1 Å². The maximum atomic E-state index is 11.2. The van der Waals surface area contributed by atoms with Crippen molar-refractivity contribution in [1.82, 2.24) is 0 Å². The van der Waals surface area contributed by atoms with Crippen LogP contribution in [0.25, 0.3) is 6.08 Å². The van der Waals surface area contributed by atoms with E-state index >= 15 is 0 Å². The highest BCUT2D eigenvalue weighted by molar-refractivity contribution is 5.74. The molecule has 2 nitrogen and oxygen atoms in total. The van der Waals surface area contributed by atoms with Crippen LogP contribution in [-0.2, 0) is 4.79 Å². The van der Waals surface area contributed by atoms with Gasteiger partial charge >= 0.3 is 5.97 Å². The fourth-order valence-corrected chi connectivity index (χ4v) is 2.44. The van der Waals surface area contributed by atoms with Gasteiger partial charge in [0.05, 0.1) is 0 Å². The van der Waals surface area contributed by atoms with Gasteiger partial charge in [-0.15, -0.1) is 0 Å². The Morgan fingerprint density at radius 3 is 3.06 bits per heavy atom. The van der Waals surface area contributed by atoms with Gasteiger partial charge in [0.2, 0.25) is 0 Å². The predicted molar refractivity (Wildman–Crippen MR) is 62.3 cm³/mol. The van der Waals surface area contributed by atoms with E-state index < -0.39 is 0 Å². The van der Waals surface area contributed by atoms with Crippen molar-refractivity contribution in [1.29, 1.82) is 0 Å². The normalized spacial score (nSPS) is 20.6. The zero-order valence-electron chi connectivity index (χ0n) is 9.32. The summed E-state index contributed by atoms with van der Waals surface area (Å²) < 4.78 is 5.23. The molecule has 1 atom stereocenters. The van der Waals surface area contributed by atoms with E-state index in [1.54, 1.807) is 6.92 Å². The molecular weight excluding hydrogens is 200 g/mol. The number of fused-ring (bicyclic) bond motifs is 3. The van der Waals surface area contributed by atoms with Crippen LogP contribution >= 0.6 is 0 Å². The van der Waals surface area contributed by atoms with E-state index in [1.807, 2.05) is 12.1 Å². The average Bonchev–Trinajstić information content (AvgIpc) is 2.49. The minimum Gasteiger partial charge on any atom is -0.427 e. The van der Waals surface area contributed by atoms with Gasteiger partial charge < -0.3 is 4.74 Å². The third kappa shape index (κ3) is 1.37. The molecule has 2 aliphatic carbocycles. The van der Waals surface area contributed by atoms with Gasteiger partial charge in [0.25, 0.3) is 0 Å². The summed E-state index contributed by atoms with van der Waals surface area (Å²) in [4.78, 5) is 11.2. The summed E-state index contributed by atoms with van der Waals surface area (Å²) in [5, 5.41) is 0. The Hall–Kier alpha value is -1.57. The Morgan fingerprint density at radius 1 is 1.50 bits per heavy atom. The van der Waals surface area contributed by atoms with E-state index in [1.165, 1.54) is 29.5 Å². The monoisotopic (exact) mass is 214 g/mol. The fourth-order valence-electron chi connectivity index (χ4n) is 2.44. The van der Waals surface area contributed by atoms with E-state index in [0.29, 0.717) is 18.1 Å². The molecular formula is C14H14O2. The molecule has 1 saturated carbocycles. The maximum absolute atomic E-state index is 11.2. The standard InChI is InChI=1S/C14H14O2/c1-2-14(15)16-11-5-3-10-7-9-4-6-12(9)13(10)8-11/h3,5,7-8,12H,2,4,6H2,1H3. The van der Waals surface area contributed by atoms with Gasteiger partial charge in [-0.3, -0.25) is 4.79 Å². The highest BCUT2D eigenvalue weighted by atomic mass is 16.5. The van der Waals surface area contributed by atoms with Gasteiger partial charge in [-0.25, -0.2) is 0 Å². The number of carbonyl (C=O) groups excluding carboxylic acids is 1. The third-order valence-electron chi connectivity index (χ3n) is 3.46. The van der Waals surface area contributed by atoms with Crippen LogP contribution in [0.4, 0.5) is 0 Å². The molecule has 0 radical (unpaired) electrons. The van der Waals surface area contributed by atoms with Crippen molar-refractivity contribution < 1.29 is 9.53 Å². The van der Waals surface area contributed by atoms with Crippen LogP contribution in [0.1, 0.15) is 43.2 Å². The molecule has 0 amide bonds. The minimum atomic E-state index is -0.167. The summed E-state index contributed by atoms with van der Waals surface area (Å²) in [5.41, 5.74) is 4.17. The van der Waals surface area contributed by atoms with Crippen LogP contribution in [0, 0.1) is 0 Å². The van der Waals surface area contributed by atoms with E-state index in [2.05, 4.69) is 12.1 Å². The lowest BCUT2D eigenvalue weighted by atomic mass is 9.79. The molecule has 0 saturated heterocycles. The number of hydrogen-bond donors (Lipinski definition) is 0. The van der Waals surface area contributed by atoms with Crippen LogP contribution < -0.4 is 4.74 Å². The predicted octanol–water partition coefficient (Wildman–Crippen LogP) is 3.28. The zero-order valence-corrected chi connectivity index (χ0v) is 9.32. The molecule has 1 fully saturated rings. The molecule has 2 heteroatoms. The fraction of sp³-hybridized carbons (Fsp3) is 0.357. The molecule has 0 spiro atoms. The van der Waals surface area contributed by atoms with Gasteiger partial charge in [-0.1, -0.05) is 24.6 Å². The second-order valence-corrected chi connectivity index (χ2v) is 4.43. The zero-order chi connectivity index (χ0) is 11.1. The third-order valence-corrected chi connectivity index (χ3v) is 3.46. The number of carbonyl (C=O) groups is 1. The molecule has 82 valence electrons. The summed E-state index contributed by atoms with van der Waals surface area (Å²) in [5.74, 6) is 1.13. The molecule has 16 heavy (non-hydrogen) atoms. The van der Waals surface area contributed by atoms with Crippen molar-refractivity contribution in [2.45, 2.75) is 32.1 Å². The van der Waals surface area contributed by atoms with E-state index in [0.717, 1.165) is 0 Å². The van der Waals surface area contributed by atoms with E-state index in [4.69, 9.17) is 4.74 Å². The van der Waals surface area contributed by atoms with Crippen LogP contribution in [0.3, 0.4) is 0 Å². The Morgan fingerprint density at radius 2 is 2.38 bits per heavy atom. The molecule has 0 bridgehead atoms. The summed E-state index contributed by atoms with van der Waals surface area (Å²) in [6.07, 6.45) is 5.16. The van der Waals surface area contributed by atoms with Crippen molar-refractivity contribution >= 4 is 12.0 Å². The molecule has 0 aliphatic heterocycles. The Balaban J connectivity index is 1.88. The summed E-state index contributed by atoms with van der Waals surface area (Å²) >= 11 is 0. The summed E-state index contributed by atoms with van der Waals surface area (Å²) in [6, 6.07) is 5.96. The van der Waals surface area contributed by atoms with Crippen molar-refractivity contribution in [2.75, 3.05) is 0 Å². The lowest BCUT2D eigenvalue weighted by Gasteiger charge is -2.26. The minimum absolute atomic E-state index is 0.167. The van der Waals surface area contributed by atoms with E-state index in [-0.39, 0.29) is 5.97 Å². The first-order valence-electron chi connectivity index (χ1n) is 5.83. The van der Waals surface area contributed by atoms with Crippen molar-refractivity contribution in [3.05, 3.63) is 34.9 Å². The maximum Gasteiger partial charge on any atom is 0.310 e. The number of esters is 1. The topological polar surface area (TPSA) is 26.3 Å². The summed E-state index contributed by atoms with van der Waals surface area (Å²) in [6.45, 7) is 1.81. The molecule has 1 aromatic carbocycles. The Labute approximate surface area is 94.9 Å². The number of ether oxygens (including phenoxy) is 1. The van der Waals surface area contributed by atoms with Gasteiger partial charge in [-0.2, -0.15) is 0 Å². The second-order valence-electron chi connectivity index (χ2n) is 4.43. The highest BCUT2D eigenvalue weighted by Gasteiger charge is 2.32. The summed E-state index contributed by atoms with van der Waals surface area (Å²) in [7, 11) is 0. The Kier molecular flexibility index (Phi) is 2.10. The van der Waals surface area contributed by atoms with Crippen molar-refractivity contribution in [3.8, 4) is 5.75 Å². The van der Waals surface area contributed by atoms with Gasteiger partial charge in [0.1, 0.15) is 5.75 Å². The number of rotatable bonds is 2.